The lowest BCUT2D eigenvalue weighted by Gasteiger charge is -2.20. The first-order valence-electron chi connectivity index (χ1n) is 8.87. The highest BCUT2D eigenvalue weighted by Crippen LogP contribution is 2.11. The van der Waals surface area contributed by atoms with Crippen molar-refractivity contribution in [1.29, 1.82) is 0 Å². The first-order valence-corrected chi connectivity index (χ1v) is 8.87. The van der Waals surface area contributed by atoms with Gasteiger partial charge in [0, 0.05) is 20.0 Å². The first kappa shape index (κ1) is 20.4. The molecule has 0 spiro atoms. The molecule has 0 aliphatic carbocycles. The Balaban J connectivity index is 1.76. The second-order valence-electron chi connectivity index (χ2n) is 6.27. The summed E-state index contributed by atoms with van der Waals surface area (Å²) < 4.78 is 18.1. The highest BCUT2D eigenvalue weighted by Gasteiger charge is 2.13. The first-order chi connectivity index (χ1) is 13.0. The number of amides is 2. The molecule has 144 valence electrons. The van der Waals surface area contributed by atoms with Gasteiger partial charge in [-0.1, -0.05) is 24.3 Å². The van der Waals surface area contributed by atoms with Gasteiger partial charge in [0.25, 0.3) is 0 Å². The monoisotopic (exact) mass is 372 g/mol. The summed E-state index contributed by atoms with van der Waals surface area (Å²) >= 11 is 0. The molecule has 0 radical (unpaired) electrons. The Hall–Kier alpha value is -2.89. The Kier molecular flexibility index (Phi) is 7.79. The van der Waals surface area contributed by atoms with Crippen molar-refractivity contribution in [3.63, 3.8) is 0 Å². The summed E-state index contributed by atoms with van der Waals surface area (Å²) in [7, 11) is 1.62. The molecule has 6 heteroatoms. The number of nitrogens with zero attached hydrogens (tertiary/aromatic N) is 1. The van der Waals surface area contributed by atoms with E-state index in [2.05, 4.69) is 5.32 Å². The van der Waals surface area contributed by atoms with Crippen molar-refractivity contribution in [1.82, 2.24) is 10.2 Å². The number of carbonyl (C=O) groups is 2. The molecule has 2 aromatic rings. The van der Waals surface area contributed by atoms with Crippen LogP contribution in [-0.2, 0) is 22.4 Å². The average Bonchev–Trinajstić information content (AvgIpc) is 2.66. The molecule has 5 nitrogen and oxygen atoms in total. The molecular formula is C21H25FN2O3. The topological polar surface area (TPSA) is 58.6 Å². The van der Waals surface area contributed by atoms with Gasteiger partial charge in [0.05, 0.1) is 13.7 Å². The smallest absolute Gasteiger partial charge is 0.239 e. The number of nitrogens with one attached hydrogen (secondary N) is 1. The van der Waals surface area contributed by atoms with Crippen LogP contribution in [0.3, 0.4) is 0 Å². The molecule has 0 aliphatic rings. The molecule has 0 aromatic heterocycles. The van der Waals surface area contributed by atoms with Crippen LogP contribution in [0.4, 0.5) is 4.39 Å². The van der Waals surface area contributed by atoms with Crippen molar-refractivity contribution in [2.45, 2.75) is 19.8 Å². The van der Waals surface area contributed by atoms with Crippen LogP contribution in [0.15, 0.2) is 48.5 Å². The van der Waals surface area contributed by atoms with Crippen molar-refractivity contribution in [3.8, 4) is 5.75 Å². The summed E-state index contributed by atoms with van der Waals surface area (Å²) in [5.74, 6) is 0.139. The number of halogens is 1. The molecule has 2 amide bonds. The molecule has 0 saturated heterocycles. The minimum atomic E-state index is -0.293. The lowest BCUT2D eigenvalue weighted by molar-refractivity contribution is -0.134. The van der Waals surface area contributed by atoms with Crippen molar-refractivity contribution in [2.75, 3.05) is 26.7 Å². The van der Waals surface area contributed by atoms with Crippen LogP contribution in [0.25, 0.3) is 0 Å². The van der Waals surface area contributed by atoms with Crippen LogP contribution >= 0.6 is 0 Å². The molecule has 27 heavy (non-hydrogen) atoms. The molecule has 2 rings (SSSR count). The number of hydrogen-bond donors (Lipinski definition) is 1. The molecule has 1 N–H and O–H groups in total. The zero-order chi connectivity index (χ0) is 19.6. The number of methoxy groups -OCH3 is 1. The van der Waals surface area contributed by atoms with E-state index < -0.39 is 0 Å². The lowest BCUT2D eigenvalue weighted by atomic mass is 10.1. The average molecular weight is 372 g/mol. The van der Waals surface area contributed by atoms with E-state index in [0.29, 0.717) is 25.9 Å². The fourth-order valence-electron chi connectivity index (χ4n) is 2.63. The van der Waals surface area contributed by atoms with Gasteiger partial charge in [-0.25, -0.2) is 4.39 Å². The predicted octanol–water partition coefficient (Wildman–Crippen LogP) is 2.58. The van der Waals surface area contributed by atoms with E-state index in [1.54, 1.807) is 19.2 Å². The van der Waals surface area contributed by atoms with E-state index in [-0.39, 0.29) is 24.2 Å². The molecule has 0 unspecified atom stereocenters. The van der Waals surface area contributed by atoms with Crippen LogP contribution in [-0.4, -0.2) is 43.5 Å². The molecule has 0 fully saturated rings. The third-order valence-corrected chi connectivity index (χ3v) is 4.26. The summed E-state index contributed by atoms with van der Waals surface area (Å²) in [5.41, 5.74) is 2.01. The quantitative estimate of drug-likeness (QED) is 0.736. The highest BCUT2D eigenvalue weighted by atomic mass is 19.1. The minimum Gasteiger partial charge on any atom is -0.497 e. The minimum absolute atomic E-state index is 0.0130. The normalized spacial score (nSPS) is 10.3. The molecule has 0 heterocycles. The maximum atomic E-state index is 12.9. The van der Waals surface area contributed by atoms with E-state index in [0.717, 1.165) is 16.9 Å². The van der Waals surface area contributed by atoms with Gasteiger partial charge >= 0.3 is 0 Å². The number of hydrogen-bond acceptors (Lipinski definition) is 3. The van der Waals surface area contributed by atoms with Gasteiger partial charge in [-0.3, -0.25) is 9.59 Å². The highest BCUT2D eigenvalue weighted by molar-refractivity contribution is 5.83. The second-order valence-corrected chi connectivity index (χ2v) is 6.27. The van der Waals surface area contributed by atoms with E-state index in [1.165, 1.54) is 24.0 Å². The fraction of sp³-hybridized carbons (Fsp3) is 0.333. The van der Waals surface area contributed by atoms with Gasteiger partial charge < -0.3 is 15.0 Å². The molecule has 0 saturated carbocycles. The maximum absolute atomic E-state index is 12.9. The van der Waals surface area contributed by atoms with Gasteiger partial charge in [0.1, 0.15) is 11.6 Å². The molecule has 0 atom stereocenters. The lowest BCUT2D eigenvalue weighted by Crippen LogP contribution is -2.41. The van der Waals surface area contributed by atoms with E-state index >= 15 is 0 Å². The zero-order valence-corrected chi connectivity index (χ0v) is 15.7. The van der Waals surface area contributed by atoms with Crippen LogP contribution in [0.2, 0.25) is 0 Å². The Bertz CT molecular complexity index is 745. The number of benzene rings is 2. The summed E-state index contributed by atoms with van der Waals surface area (Å²) in [6.07, 6.45) is 1.27. The van der Waals surface area contributed by atoms with Crippen LogP contribution in [0.5, 0.6) is 5.75 Å². The molecule has 2 aromatic carbocycles. The van der Waals surface area contributed by atoms with Gasteiger partial charge in [0.2, 0.25) is 11.8 Å². The van der Waals surface area contributed by atoms with Gasteiger partial charge in [0.15, 0.2) is 0 Å². The van der Waals surface area contributed by atoms with Crippen molar-refractivity contribution < 1.29 is 18.7 Å². The number of ether oxygens (including phenoxy) is 1. The summed E-state index contributed by atoms with van der Waals surface area (Å²) in [5, 5.41) is 2.84. The molecule has 0 bridgehead atoms. The Morgan fingerprint density at radius 3 is 2.19 bits per heavy atom. The Morgan fingerprint density at radius 1 is 1.00 bits per heavy atom. The van der Waals surface area contributed by atoms with Crippen molar-refractivity contribution in [3.05, 3.63) is 65.5 Å². The van der Waals surface area contributed by atoms with Crippen molar-refractivity contribution in [2.24, 2.45) is 0 Å². The number of carbonyl (C=O) groups excluding carboxylic acids is 2. The third kappa shape index (κ3) is 7.09. The van der Waals surface area contributed by atoms with Crippen LogP contribution < -0.4 is 10.1 Å². The maximum Gasteiger partial charge on any atom is 0.239 e. The zero-order valence-electron chi connectivity index (χ0n) is 15.7. The van der Waals surface area contributed by atoms with Crippen LogP contribution in [0, 0.1) is 5.82 Å². The Morgan fingerprint density at radius 2 is 1.59 bits per heavy atom. The fourth-order valence-corrected chi connectivity index (χ4v) is 2.63. The SMILES string of the molecule is COc1ccc(CCNC(=O)CN(CCc2ccc(F)cc2)C(C)=O)cc1. The van der Waals surface area contributed by atoms with E-state index in [9.17, 15) is 14.0 Å². The van der Waals surface area contributed by atoms with E-state index in [1.807, 2.05) is 24.3 Å². The van der Waals surface area contributed by atoms with Gasteiger partial charge in [-0.05, 0) is 48.2 Å². The van der Waals surface area contributed by atoms with Crippen molar-refractivity contribution >= 4 is 11.8 Å². The van der Waals surface area contributed by atoms with Gasteiger partial charge in [-0.2, -0.15) is 0 Å². The predicted molar refractivity (Wildman–Crippen MR) is 102 cm³/mol. The second kappa shape index (κ2) is 10.3. The van der Waals surface area contributed by atoms with Crippen LogP contribution in [0.1, 0.15) is 18.1 Å². The molecule has 0 aliphatic heterocycles. The van der Waals surface area contributed by atoms with Gasteiger partial charge in [-0.15, -0.1) is 0 Å². The number of rotatable bonds is 9. The third-order valence-electron chi connectivity index (χ3n) is 4.26. The summed E-state index contributed by atoms with van der Waals surface area (Å²) in [6, 6.07) is 13.8. The standard InChI is InChI=1S/C21H25FN2O3/c1-16(25)24(14-12-18-3-7-19(22)8-4-18)15-21(26)23-13-11-17-5-9-20(27-2)10-6-17/h3-10H,11-15H2,1-2H3,(H,23,26). The summed E-state index contributed by atoms with van der Waals surface area (Å²) in [4.78, 5) is 25.4. The Labute approximate surface area is 159 Å². The largest absolute Gasteiger partial charge is 0.497 e. The molecular weight excluding hydrogens is 347 g/mol. The summed E-state index contributed by atoms with van der Waals surface area (Å²) in [6.45, 7) is 2.36. The van der Waals surface area contributed by atoms with E-state index in [4.69, 9.17) is 4.74 Å².